The van der Waals surface area contributed by atoms with E-state index in [9.17, 15) is 19.0 Å². The molecule has 0 aliphatic rings. The lowest BCUT2D eigenvalue weighted by Gasteiger charge is -2.24. The zero-order valence-corrected chi connectivity index (χ0v) is 39.8. The molecular formula is C50H89NO8P+. The Labute approximate surface area is 368 Å². The van der Waals surface area contributed by atoms with E-state index in [1.54, 1.807) is 0 Å². The normalized spacial score (nSPS) is 14.2. The van der Waals surface area contributed by atoms with E-state index in [0.29, 0.717) is 17.4 Å². The number of phosphoric acid groups is 1. The van der Waals surface area contributed by atoms with Crippen LogP contribution in [-0.2, 0) is 32.7 Å². The lowest BCUT2D eigenvalue weighted by Crippen LogP contribution is -2.37. The molecule has 0 aromatic rings. The topological polar surface area (TPSA) is 108 Å². The Morgan fingerprint density at radius 3 is 1.43 bits per heavy atom. The van der Waals surface area contributed by atoms with Crippen molar-refractivity contribution in [1.82, 2.24) is 0 Å². The van der Waals surface area contributed by atoms with Gasteiger partial charge in [-0.2, -0.15) is 0 Å². The van der Waals surface area contributed by atoms with Crippen molar-refractivity contribution < 1.29 is 42.1 Å². The molecule has 9 nitrogen and oxygen atoms in total. The highest BCUT2D eigenvalue weighted by molar-refractivity contribution is 7.47. The quantitative estimate of drug-likeness (QED) is 0.0212. The predicted molar refractivity (Wildman–Crippen MR) is 252 cm³/mol. The number of hydrogen-bond donors (Lipinski definition) is 1. The molecule has 0 fully saturated rings. The van der Waals surface area contributed by atoms with E-state index < -0.39 is 26.5 Å². The number of carbonyl (C=O) groups excluding carboxylic acids is 2. The first-order chi connectivity index (χ1) is 29.0. The summed E-state index contributed by atoms with van der Waals surface area (Å²) in [5.41, 5.74) is 0. The van der Waals surface area contributed by atoms with Crippen LogP contribution in [0.2, 0.25) is 0 Å². The fourth-order valence-electron chi connectivity index (χ4n) is 6.03. The smallest absolute Gasteiger partial charge is 0.462 e. The molecule has 0 heterocycles. The Morgan fingerprint density at radius 2 is 0.950 bits per heavy atom. The van der Waals surface area contributed by atoms with Crippen molar-refractivity contribution in [2.45, 2.75) is 187 Å². The number of allylic oxidation sites excluding steroid dienone is 12. The molecule has 0 rings (SSSR count). The number of hydrogen-bond acceptors (Lipinski definition) is 7. The summed E-state index contributed by atoms with van der Waals surface area (Å²) in [7, 11) is 1.45. The summed E-state index contributed by atoms with van der Waals surface area (Å²) in [6, 6.07) is 0. The summed E-state index contributed by atoms with van der Waals surface area (Å²) in [5, 5.41) is 0. The largest absolute Gasteiger partial charge is 0.472 e. The molecule has 60 heavy (non-hydrogen) atoms. The number of rotatable bonds is 42. The zero-order valence-electron chi connectivity index (χ0n) is 38.9. The van der Waals surface area contributed by atoms with Gasteiger partial charge in [0.25, 0.3) is 0 Å². The van der Waals surface area contributed by atoms with E-state index in [0.717, 1.165) is 103 Å². The summed E-state index contributed by atoms with van der Waals surface area (Å²) in [5.74, 6) is -0.834. The standard InChI is InChI=1S/C50H88NO8P/c1-6-8-10-12-14-16-18-20-22-23-24-25-26-27-29-31-33-35-37-39-41-43-50(53)59-48(47-58-60(54,55)57-45-44-51(3,4)5)46-56-49(52)42-40-38-36-34-32-30-28-21-19-17-15-13-11-9-7-2/h8,10,14,16,20-22,24-25,27-29,48H,6-7,9,11-13,15,17-19,23,26,30-47H2,1-5H3/p+1/b10-8-,16-14-,22-20-,25-24-,28-21-,29-27-. The molecule has 0 radical (unpaired) electrons. The van der Waals surface area contributed by atoms with Gasteiger partial charge >= 0.3 is 19.8 Å². The van der Waals surface area contributed by atoms with Crippen molar-refractivity contribution in [2.24, 2.45) is 0 Å². The number of phosphoric ester groups is 1. The van der Waals surface area contributed by atoms with E-state index in [2.05, 4.69) is 86.8 Å². The van der Waals surface area contributed by atoms with Gasteiger partial charge in [-0.3, -0.25) is 18.6 Å². The molecule has 0 aromatic carbocycles. The molecule has 0 aliphatic heterocycles. The van der Waals surface area contributed by atoms with Crippen LogP contribution < -0.4 is 0 Å². The van der Waals surface area contributed by atoms with Gasteiger partial charge in [0.15, 0.2) is 6.10 Å². The van der Waals surface area contributed by atoms with Crippen molar-refractivity contribution in [3.05, 3.63) is 72.9 Å². The Hall–Kier alpha value is -2.55. The number of likely N-dealkylation sites (N-methyl/N-ethyl adjacent to an activating group) is 1. The molecule has 2 unspecified atom stereocenters. The Morgan fingerprint density at radius 1 is 0.533 bits per heavy atom. The fraction of sp³-hybridized carbons (Fsp3) is 0.720. The average Bonchev–Trinajstić information content (AvgIpc) is 3.20. The van der Waals surface area contributed by atoms with Gasteiger partial charge in [0.05, 0.1) is 27.7 Å². The molecule has 10 heteroatoms. The SMILES string of the molecule is CC/C=C\C/C=C\C/C=C\C/C=C\C/C=C\CCCCCCCC(=O)OC(COC(=O)CCCCCCC/C=C\CCCCCCCC)COP(=O)(O)OCC[N+](C)(C)C. The maximum absolute atomic E-state index is 12.7. The molecule has 2 atom stereocenters. The van der Waals surface area contributed by atoms with E-state index in [4.69, 9.17) is 18.5 Å². The zero-order chi connectivity index (χ0) is 44.3. The van der Waals surface area contributed by atoms with Gasteiger partial charge in [0.1, 0.15) is 19.8 Å². The Balaban J connectivity index is 4.38. The van der Waals surface area contributed by atoms with Crippen LogP contribution in [0.5, 0.6) is 0 Å². The van der Waals surface area contributed by atoms with Crippen LogP contribution in [0.4, 0.5) is 0 Å². The van der Waals surface area contributed by atoms with Crippen LogP contribution in [0.3, 0.4) is 0 Å². The first-order valence-corrected chi connectivity index (χ1v) is 25.2. The number of esters is 2. The molecule has 1 N–H and O–H groups in total. The van der Waals surface area contributed by atoms with Crippen LogP contribution in [0, 0.1) is 0 Å². The summed E-state index contributed by atoms with van der Waals surface area (Å²) < 4.78 is 34.3. The van der Waals surface area contributed by atoms with Crippen molar-refractivity contribution >= 4 is 19.8 Å². The van der Waals surface area contributed by atoms with Crippen molar-refractivity contribution in [3.8, 4) is 0 Å². The second-order valence-corrected chi connectivity index (χ2v) is 18.2. The monoisotopic (exact) mass is 863 g/mol. The van der Waals surface area contributed by atoms with Gasteiger partial charge in [-0.05, 0) is 83.5 Å². The number of carbonyl (C=O) groups is 2. The third-order valence-corrected chi connectivity index (χ3v) is 10.7. The highest BCUT2D eigenvalue weighted by Gasteiger charge is 2.27. The molecule has 0 aromatic heterocycles. The molecule has 0 aliphatic carbocycles. The summed E-state index contributed by atoms with van der Waals surface area (Å²) in [6.45, 7) is 4.26. The summed E-state index contributed by atoms with van der Waals surface area (Å²) in [4.78, 5) is 35.4. The summed E-state index contributed by atoms with van der Waals surface area (Å²) in [6.07, 6.45) is 52.3. The van der Waals surface area contributed by atoms with Gasteiger partial charge in [0.2, 0.25) is 0 Å². The van der Waals surface area contributed by atoms with Crippen molar-refractivity contribution in [2.75, 3.05) is 47.5 Å². The maximum atomic E-state index is 12.7. The molecule has 346 valence electrons. The number of quaternary nitrogens is 1. The van der Waals surface area contributed by atoms with Crippen molar-refractivity contribution in [1.29, 1.82) is 0 Å². The number of nitrogens with zero attached hydrogens (tertiary/aromatic N) is 1. The fourth-order valence-corrected chi connectivity index (χ4v) is 6.78. The number of unbranched alkanes of at least 4 members (excludes halogenated alkanes) is 16. The minimum Gasteiger partial charge on any atom is -0.462 e. The first kappa shape index (κ1) is 57.4. The lowest BCUT2D eigenvalue weighted by atomic mass is 10.1. The second-order valence-electron chi connectivity index (χ2n) is 16.8. The average molecular weight is 863 g/mol. The van der Waals surface area contributed by atoms with Crippen LogP contribution in [0.1, 0.15) is 181 Å². The highest BCUT2D eigenvalue weighted by Crippen LogP contribution is 2.43. The summed E-state index contributed by atoms with van der Waals surface area (Å²) >= 11 is 0. The lowest BCUT2D eigenvalue weighted by molar-refractivity contribution is -0.870. The maximum Gasteiger partial charge on any atom is 0.472 e. The third-order valence-electron chi connectivity index (χ3n) is 9.72. The van der Waals surface area contributed by atoms with E-state index in [-0.39, 0.29) is 32.0 Å². The second kappa shape index (κ2) is 41.8. The van der Waals surface area contributed by atoms with Gasteiger partial charge in [-0.15, -0.1) is 0 Å². The Bertz CT molecular complexity index is 1250. The van der Waals surface area contributed by atoms with E-state index in [1.807, 2.05) is 21.1 Å². The first-order valence-electron chi connectivity index (χ1n) is 23.7. The van der Waals surface area contributed by atoms with E-state index in [1.165, 1.54) is 44.9 Å². The Kier molecular flexibility index (Phi) is 40.0. The van der Waals surface area contributed by atoms with Crippen LogP contribution >= 0.6 is 7.82 Å². The highest BCUT2D eigenvalue weighted by atomic mass is 31.2. The van der Waals surface area contributed by atoms with Crippen LogP contribution in [0.25, 0.3) is 0 Å². The molecule has 0 bridgehead atoms. The molecule has 0 amide bonds. The van der Waals surface area contributed by atoms with Crippen LogP contribution in [-0.4, -0.2) is 74.9 Å². The van der Waals surface area contributed by atoms with Gasteiger partial charge in [-0.25, -0.2) is 4.57 Å². The molecule has 0 saturated heterocycles. The van der Waals surface area contributed by atoms with Crippen molar-refractivity contribution in [3.63, 3.8) is 0 Å². The molecule has 0 saturated carbocycles. The van der Waals surface area contributed by atoms with E-state index >= 15 is 0 Å². The van der Waals surface area contributed by atoms with Gasteiger partial charge < -0.3 is 18.9 Å². The predicted octanol–water partition coefficient (Wildman–Crippen LogP) is 13.8. The minimum atomic E-state index is -4.39. The van der Waals surface area contributed by atoms with Gasteiger partial charge in [0, 0.05) is 12.8 Å². The number of ether oxygens (including phenoxy) is 2. The molecule has 0 spiro atoms. The van der Waals surface area contributed by atoms with Gasteiger partial charge in [-0.1, -0.05) is 157 Å². The minimum absolute atomic E-state index is 0.0228. The van der Waals surface area contributed by atoms with Crippen LogP contribution in [0.15, 0.2) is 72.9 Å². The third kappa shape index (κ3) is 45.0. The molecular weight excluding hydrogens is 774 g/mol.